The van der Waals surface area contributed by atoms with E-state index in [9.17, 15) is 0 Å². The molecule has 186 valence electrons. The molecule has 2 aliphatic rings. The van der Waals surface area contributed by atoms with Crippen LogP contribution < -0.4 is 5.32 Å². The lowest BCUT2D eigenvalue weighted by Crippen LogP contribution is -2.39. The van der Waals surface area contributed by atoms with Crippen LogP contribution in [0.15, 0.2) is 0 Å². The summed E-state index contributed by atoms with van der Waals surface area (Å²) in [6, 6.07) is 0. The fraction of sp³-hybridized carbons (Fsp3) is 0.500. The normalized spacial score (nSPS) is 14.7. The number of nitrogens with one attached hydrogen (secondary N) is 1. The number of carbonyl (C=O) groups is 4. The summed E-state index contributed by atoms with van der Waals surface area (Å²) in [5, 5.41) is 34.4. The number of nitrogens with zero attached hydrogens (tertiary/aromatic N) is 3. The third kappa shape index (κ3) is 7.90. The van der Waals surface area contributed by atoms with Gasteiger partial charge in [-0.25, -0.2) is 29.1 Å². The van der Waals surface area contributed by atoms with Gasteiger partial charge in [0.25, 0.3) is 0 Å². The van der Waals surface area contributed by atoms with Gasteiger partial charge in [-0.1, -0.05) is 0 Å². The summed E-state index contributed by atoms with van der Waals surface area (Å²) in [7, 11) is 0. The molecular weight excluding hydrogens is 472 g/mol. The lowest BCUT2D eigenvalue weighted by Gasteiger charge is -2.26. The first-order chi connectivity index (χ1) is 16.1. The first-order valence-corrected chi connectivity index (χ1v) is 11.2. The van der Waals surface area contributed by atoms with Crippen LogP contribution in [-0.2, 0) is 36.8 Å². The van der Waals surface area contributed by atoms with Crippen LogP contribution in [0.2, 0.25) is 0 Å². The highest BCUT2D eigenvalue weighted by atomic mass is 32.1. The van der Waals surface area contributed by atoms with Crippen LogP contribution in [0.3, 0.4) is 0 Å². The minimum absolute atomic E-state index is 0.856. The molecule has 0 spiro atoms. The number of hydrogen-bond acceptors (Lipinski definition) is 10. The summed E-state index contributed by atoms with van der Waals surface area (Å²) in [6.07, 6.45) is 3.67. The molecule has 14 heteroatoms. The second-order valence-corrected chi connectivity index (χ2v) is 8.34. The van der Waals surface area contributed by atoms with E-state index in [4.69, 9.17) is 44.3 Å². The summed E-state index contributed by atoms with van der Waals surface area (Å²) in [5.74, 6) is -5.40. The highest BCUT2D eigenvalue weighted by Gasteiger charge is 2.22. The molecule has 13 nitrogen and oxygen atoms in total. The molecule has 34 heavy (non-hydrogen) atoms. The van der Waals surface area contributed by atoms with E-state index in [1.807, 2.05) is 18.3 Å². The van der Waals surface area contributed by atoms with Crippen LogP contribution in [0.4, 0.5) is 5.82 Å². The molecule has 4 rings (SSSR count). The Labute approximate surface area is 198 Å². The molecule has 5 N–H and O–H groups in total. The third-order valence-electron chi connectivity index (χ3n) is 4.87. The molecule has 0 unspecified atom stereocenters. The zero-order valence-electron chi connectivity index (χ0n) is 18.4. The van der Waals surface area contributed by atoms with Crippen molar-refractivity contribution in [2.45, 2.75) is 26.2 Å². The molecule has 1 aliphatic heterocycles. The van der Waals surface area contributed by atoms with Crippen molar-refractivity contribution >= 4 is 51.2 Å². The molecule has 0 amide bonds. The van der Waals surface area contributed by atoms with Crippen LogP contribution in [-0.4, -0.2) is 98.6 Å². The van der Waals surface area contributed by atoms with E-state index in [1.54, 1.807) is 0 Å². The highest BCUT2D eigenvalue weighted by molar-refractivity contribution is 7.19. The van der Waals surface area contributed by atoms with Gasteiger partial charge in [0.2, 0.25) is 0 Å². The molecule has 1 fully saturated rings. The van der Waals surface area contributed by atoms with E-state index < -0.39 is 23.9 Å². The average Bonchev–Trinajstić information content (AvgIpc) is 3.36. The molecule has 0 radical (unpaired) electrons. The number of carboxylic acid groups (broad SMARTS) is 4. The number of morpholine rings is 1. The second-order valence-electron chi connectivity index (χ2n) is 7.26. The maximum atomic E-state index is 9.10. The van der Waals surface area contributed by atoms with Gasteiger partial charge in [0.15, 0.2) is 0 Å². The van der Waals surface area contributed by atoms with Crippen LogP contribution in [0.5, 0.6) is 0 Å². The smallest absolute Gasteiger partial charge is 0.414 e. The molecule has 2 aromatic heterocycles. The van der Waals surface area contributed by atoms with Gasteiger partial charge in [0.05, 0.1) is 18.6 Å². The summed E-state index contributed by atoms with van der Waals surface area (Å²) < 4.78 is 5.40. The van der Waals surface area contributed by atoms with Crippen molar-refractivity contribution in [3.63, 3.8) is 0 Å². The summed E-state index contributed by atoms with van der Waals surface area (Å²) in [4.78, 5) is 50.8. The number of anilines is 1. The van der Waals surface area contributed by atoms with Crippen LogP contribution >= 0.6 is 11.3 Å². The number of aromatic nitrogens is 2. The van der Waals surface area contributed by atoms with Crippen LogP contribution in [0, 0.1) is 6.92 Å². The van der Waals surface area contributed by atoms with Gasteiger partial charge in [0, 0.05) is 31.1 Å². The summed E-state index contributed by atoms with van der Waals surface area (Å²) in [6.45, 7) is 7.74. The van der Waals surface area contributed by atoms with Crippen molar-refractivity contribution in [2.75, 3.05) is 44.7 Å². The number of hydrogen-bond donors (Lipinski definition) is 5. The molecule has 1 saturated heterocycles. The average molecular weight is 499 g/mol. The Balaban J connectivity index is 0.000000285. The number of aliphatic carboxylic acids is 4. The molecule has 3 heterocycles. The third-order valence-corrected chi connectivity index (χ3v) is 6.05. The molecule has 0 bridgehead atoms. The maximum Gasteiger partial charge on any atom is 0.414 e. The molecule has 1 aliphatic carbocycles. The van der Waals surface area contributed by atoms with Gasteiger partial charge >= 0.3 is 23.9 Å². The molecule has 0 atom stereocenters. The van der Waals surface area contributed by atoms with Gasteiger partial charge in [-0.2, -0.15) is 0 Å². The fourth-order valence-corrected chi connectivity index (χ4v) is 4.69. The zero-order valence-corrected chi connectivity index (χ0v) is 19.3. The lowest BCUT2D eigenvalue weighted by molar-refractivity contribution is -0.159. The predicted molar refractivity (Wildman–Crippen MR) is 120 cm³/mol. The van der Waals surface area contributed by atoms with Crippen LogP contribution in [0.1, 0.15) is 22.7 Å². The van der Waals surface area contributed by atoms with E-state index in [1.165, 1.54) is 35.1 Å². The maximum absolute atomic E-state index is 9.10. The second kappa shape index (κ2) is 12.8. The Kier molecular flexibility index (Phi) is 10.1. The van der Waals surface area contributed by atoms with Gasteiger partial charge < -0.3 is 30.5 Å². The standard InChI is InChI=1S/C16H22N4OS.2C2H2O4/c1-11-18-15(17-5-6-20-7-9-21-10-8-20)14-12-3-2-4-13(12)22-16(14)19-11;2*3-1(4)2(5)6/h2-10H2,1H3,(H,17,18,19);2*(H,3,4)(H,5,6). The van der Waals surface area contributed by atoms with Gasteiger partial charge in [0.1, 0.15) is 16.5 Å². The summed E-state index contributed by atoms with van der Waals surface area (Å²) >= 11 is 1.86. The lowest BCUT2D eigenvalue weighted by atomic mass is 10.2. The zero-order chi connectivity index (χ0) is 25.3. The number of aryl methyl sites for hydroxylation is 3. The highest BCUT2D eigenvalue weighted by Crippen LogP contribution is 2.39. The topological polar surface area (TPSA) is 199 Å². The van der Waals surface area contributed by atoms with E-state index >= 15 is 0 Å². The Morgan fingerprint density at radius 2 is 1.56 bits per heavy atom. The van der Waals surface area contributed by atoms with E-state index in [0.717, 1.165) is 55.9 Å². The fourth-order valence-electron chi connectivity index (χ4n) is 3.39. The minimum atomic E-state index is -1.82. The quantitative estimate of drug-likeness (QED) is 0.366. The number of carboxylic acids is 4. The van der Waals surface area contributed by atoms with Crippen molar-refractivity contribution in [1.82, 2.24) is 14.9 Å². The largest absolute Gasteiger partial charge is 0.473 e. The van der Waals surface area contributed by atoms with Gasteiger partial charge in [-0.05, 0) is 31.7 Å². The number of rotatable bonds is 4. The molecule has 0 aromatic carbocycles. The Bertz CT molecular complexity index is 1000. The van der Waals surface area contributed by atoms with Crippen molar-refractivity contribution in [1.29, 1.82) is 0 Å². The Hall–Kier alpha value is -3.36. The van der Waals surface area contributed by atoms with Crippen molar-refractivity contribution in [3.8, 4) is 0 Å². The molecule has 2 aromatic rings. The number of thiophene rings is 1. The predicted octanol–water partition coefficient (Wildman–Crippen LogP) is 0.544. The number of ether oxygens (including phenoxy) is 1. The van der Waals surface area contributed by atoms with E-state index in [-0.39, 0.29) is 0 Å². The molecular formula is C20H26N4O9S. The molecule has 0 saturated carbocycles. The van der Waals surface area contributed by atoms with Crippen molar-refractivity contribution < 1.29 is 44.3 Å². The minimum Gasteiger partial charge on any atom is -0.473 e. The number of fused-ring (bicyclic) bond motifs is 3. The van der Waals surface area contributed by atoms with Crippen LogP contribution in [0.25, 0.3) is 10.2 Å². The Morgan fingerprint density at radius 1 is 0.971 bits per heavy atom. The van der Waals surface area contributed by atoms with E-state index in [2.05, 4.69) is 20.2 Å². The van der Waals surface area contributed by atoms with Crippen molar-refractivity contribution in [2.24, 2.45) is 0 Å². The van der Waals surface area contributed by atoms with Gasteiger partial charge in [-0.15, -0.1) is 11.3 Å². The first-order valence-electron chi connectivity index (χ1n) is 10.4. The van der Waals surface area contributed by atoms with Crippen molar-refractivity contribution in [3.05, 3.63) is 16.3 Å². The van der Waals surface area contributed by atoms with Gasteiger partial charge in [-0.3, -0.25) is 4.90 Å². The summed E-state index contributed by atoms with van der Waals surface area (Å²) in [5.41, 5.74) is 1.49. The first kappa shape index (κ1) is 26.9. The monoisotopic (exact) mass is 498 g/mol. The Morgan fingerprint density at radius 3 is 2.12 bits per heavy atom. The SMILES string of the molecule is Cc1nc(NCCN2CCOCC2)c2c3c(sc2n1)CCC3.O=C(O)C(=O)O.O=C(O)C(=O)O. The van der Waals surface area contributed by atoms with E-state index in [0.29, 0.717) is 0 Å².